The molecule has 1 spiro atoms. The van der Waals surface area contributed by atoms with Gasteiger partial charge < -0.3 is 19.7 Å². The minimum absolute atomic E-state index is 0.116. The first-order chi connectivity index (χ1) is 15.3. The number of hydrogen-bond acceptors (Lipinski definition) is 6. The molecule has 9 nitrogen and oxygen atoms in total. The first-order valence-electron chi connectivity index (χ1n) is 11.1. The van der Waals surface area contributed by atoms with E-state index in [4.69, 9.17) is 9.47 Å². The topological polar surface area (TPSA) is 114 Å². The summed E-state index contributed by atoms with van der Waals surface area (Å²) >= 11 is 0. The van der Waals surface area contributed by atoms with Gasteiger partial charge in [-0.3, -0.25) is 9.59 Å². The number of carbonyl (C=O) groups excluding carboxylic acids is 2. The van der Waals surface area contributed by atoms with Gasteiger partial charge in [-0.15, -0.1) is 0 Å². The van der Waals surface area contributed by atoms with Crippen LogP contribution >= 0.6 is 0 Å². The van der Waals surface area contributed by atoms with Crippen molar-refractivity contribution in [3.63, 3.8) is 0 Å². The summed E-state index contributed by atoms with van der Waals surface area (Å²) in [5, 5.41) is 2.87. The Bertz CT molecular complexity index is 897. The lowest BCUT2D eigenvalue weighted by molar-refractivity contribution is -0.132. The van der Waals surface area contributed by atoms with Crippen molar-refractivity contribution in [3.8, 4) is 5.75 Å². The Kier molecular flexibility index (Phi) is 8.50. The van der Waals surface area contributed by atoms with E-state index in [-0.39, 0.29) is 23.8 Å². The lowest BCUT2D eigenvalue weighted by atomic mass is 9.75. The SMILES string of the molecule is CS(=O)(=O)NCC(=O)N1CCC2(CCCCOCCNC(=O)c3ccccc3OC2)CC1. The highest BCUT2D eigenvalue weighted by molar-refractivity contribution is 7.88. The predicted octanol–water partition coefficient (Wildman–Crippen LogP) is 1.15. The summed E-state index contributed by atoms with van der Waals surface area (Å²) in [6, 6.07) is 7.22. The molecule has 2 aliphatic heterocycles. The van der Waals surface area contributed by atoms with Crippen LogP contribution in [0.4, 0.5) is 0 Å². The standard InChI is InChI=1S/C22H33N3O6S/c1-32(28,29)24-16-20(26)25-12-9-22(10-13-25)8-4-5-14-30-15-11-23-21(27)18-6-2-3-7-19(18)31-17-22/h2-3,6-7,24H,4-5,8-17H2,1H3,(H,23,27). The molecule has 0 saturated carbocycles. The molecule has 10 heteroatoms. The molecule has 0 aliphatic carbocycles. The summed E-state index contributed by atoms with van der Waals surface area (Å²) in [4.78, 5) is 26.7. The molecule has 2 amide bonds. The maximum absolute atomic E-state index is 12.6. The maximum atomic E-state index is 12.6. The van der Waals surface area contributed by atoms with Gasteiger partial charge in [-0.25, -0.2) is 13.1 Å². The van der Waals surface area contributed by atoms with E-state index in [2.05, 4.69) is 10.0 Å². The van der Waals surface area contributed by atoms with Crippen molar-refractivity contribution < 1.29 is 27.5 Å². The lowest BCUT2D eigenvalue weighted by Crippen LogP contribution is -2.48. The van der Waals surface area contributed by atoms with Gasteiger partial charge in [0.2, 0.25) is 15.9 Å². The van der Waals surface area contributed by atoms with E-state index in [1.807, 2.05) is 12.1 Å². The van der Waals surface area contributed by atoms with Crippen LogP contribution < -0.4 is 14.8 Å². The molecule has 0 bridgehead atoms. The molecule has 32 heavy (non-hydrogen) atoms. The molecular weight excluding hydrogens is 434 g/mol. The van der Waals surface area contributed by atoms with Crippen LogP contribution in [0.3, 0.4) is 0 Å². The second kappa shape index (κ2) is 11.1. The van der Waals surface area contributed by atoms with E-state index in [0.717, 1.165) is 38.4 Å². The van der Waals surface area contributed by atoms with Gasteiger partial charge in [0.25, 0.3) is 5.91 Å². The van der Waals surface area contributed by atoms with Crippen LogP contribution in [0, 0.1) is 5.41 Å². The van der Waals surface area contributed by atoms with Gasteiger partial charge in [0.1, 0.15) is 5.75 Å². The molecule has 1 aromatic carbocycles. The van der Waals surface area contributed by atoms with Crippen molar-refractivity contribution >= 4 is 21.8 Å². The first kappa shape index (κ1) is 24.5. The van der Waals surface area contributed by atoms with Gasteiger partial charge in [0.15, 0.2) is 0 Å². The fourth-order valence-electron chi connectivity index (χ4n) is 4.15. The second-order valence-electron chi connectivity index (χ2n) is 8.58. The molecule has 2 aliphatic rings. The Hall–Kier alpha value is -2.17. The molecule has 1 saturated heterocycles. The van der Waals surface area contributed by atoms with E-state index in [1.165, 1.54) is 0 Å². The Morgan fingerprint density at radius 2 is 1.91 bits per heavy atom. The van der Waals surface area contributed by atoms with Crippen molar-refractivity contribution in [2.24, 2.45) is 5.41 Å². The summed E-state index contributed by atoms with van der Waals surface area (Å²) in [7, 11) is -3.41. The van der Waals surface area contributed by atoms with Gasteiger partial charge in [-0.2, -0.15) is 0 Å². The zero-order chi connectivity index (χ0) is 23.0. The van der Waals surface area contributed by atoms with E-state index in [1.54, 1.807) is 17.0 Å². The molecule has 2 heterocycles. The predicted molar refractivity (Wildman–Crippen MR) is 120 cm³/mol. The number of piperidine rings is 1. The van der Waals surface area contributed by atoms with Crippen LogP contribution in [-0.4, -0.2) is 77.4 Å². The highest BCUT2D eigenvalue weighted by Gasteiger charge is 2.36. The number of likely N-dealkylation sites (tertiary alicyclic amines) is 1. The summed E-state index contributed by atoms with van der Waals surface area (Å²) in [5.41, 5.74) is 0.383. The van der Waals surface area contributed by atoms with Crippen LogP contribution in [0.25, 0.3) is 0 Å². The third-order valence-corrected chi connectivity index (χ3v) is 6.77. The van der Waals surface area contributed by atoms with Crippen molar-refractivity contribution in [1.82, 2.24) is 14.9 Å². The Balaban J connectivity index is 1.68. The Labute approximate surface area is 189 Å². The van der Waals surface area contributed by atoms with Crippen LogP contribution in [0.2, 0.25) is 0 Å². The summed E-state index contributed by atoms with van der Waals surface area (Å²) in [6.45, 7) is 2.90. The van der Waals surface area contributed by atoms with Crippen LogP contribution in [0.1, 0.15) is 42.5 Å². The van der Waals surface area contributed by atoms with Gasteiger partial charge in [-0.05, 0) is 37.8 Å². The lowest BCUT2D eigenvalue weighted by Gasteiger charge is -2.42. The van der Waals surface area contributed by atoms with Crippen molar-refractivity contribution in [1.29, 1.82) is 0 Å². The number of benzene rings is 1. The molecule has 0 radical (unpaired) electrons. The number of fused-ring (bicyclic) bond motifs is 1. The number of hydrogen-bond donors (Lipinski definition) is 2. The smallest absolute Gasteiger partial charge is 0.255 e. The molecule has 0 atom stereocenters. The number of nitrogens with one attached hydrogen (secondary N) is 2. The van der Waals surface area contributed by atoms with Crippen LogP contribution in [0.5, 0.6) is 5.75 Å². The largest absolute Gasteiger partial charge is 0.492 e. The van der Waals surface area contributed by atoms with Gasteiger partial charge in [0.05, 0.1) is 31.6 Å². The number of amides is 2. The highest BCUT2D eigenvalue weighted by atomic mass is 32.2. The number of rotatable bonds is 3. The summed E-state index contributed by atoms with van der Waals surface area (Å²) in [5.74, 6) is 0.148. The fourth-order valence-corrected chi connectivity index (χ4v) is 4.54. The average molecular weight is 468 g/mol. The first-order valence-corrected chi connectivity index (χ1v) is 13.0. The van der Waals surface area contributed by atoms with E-state index in [9.17, 15) is 18.0 Å². The third kappa shape index (κ3) is 7.18. The summed E-state index contributed by atoms with van der Waals surface area (Å²) < 4.78 is 36.7. The van der Waals surface area contributed by atoms with Crippen molar-refractivity contribution in [2.45, 2.75) is 32.1 Å². The number of nitrogens with zero attached hydrogens (tertiary/aromatic N) is 1. The maximum Gasteiger partial charge on any atom is 0.255 e. The monoisotopic (exact) mass is 467 g/mol. The van der Waals surface area contributed by atoms with Gasteiger partial charge in [0, 0.05) is 31.7 Å². The number of para-hydroxylation sites is 1. The number of sulfonamides is 1. The normalized spacial score (nSPS) is 20.5. The minimum Gasteiger partial charge on any atom is -0.492 e. The zero-order valence-electron chi connectivity index (χ0n) is 18.6. The van der Waals surface area contributed by atoms with Crippen molar-refractivity contribution in [3.05, 3.63) is 29.8 Å². The molecule has 3 rings (SSSR count). The van der Waals surface area contributed by atoms with E-state index < -0.39 is 10.0 Å². The molecular formula is C22H33N3O6S. The second-order valence-corrected chi connectivity index (χ2v) is 10.4. The third-order valence-electron chi connectivity index (χ3n) is 6.11. The zero-order valence-corrected chi connectivity index (χ0v) is 19.4. The molecule has 1 aromatic rings. The highest BCUT2D eigenvalue weighted by Crippen LogP contribution is 2.38. The molecule has 1 fully saturated rings. The number of ether oxygens (including phenoxy) is 2. The fraction of sp³-hybridized carbons (Fsp3) is 0.636. The van der Waals surface area contributed by atoms with Crippen molar-refractivity contribution in [2.75, 3.05) is 52.3 Å². The quantitative estimate of drug-likeness (QED) is 0.690. The van der Waals surface area contributed by atoms with Gasteiger partial charge >= 0.3 is 0 Å². The van der Waals surface area contributed by atoms with E-state index in [0.29, 0.717) is 50.8 Å². The molecule has 0 unspecified atom stereocenters. The molecule has 0 aromatic heterocycles. The number of carbonyl (C=O) groups is 2. The average Bonchev–Trinajstić information content (AvgIpc) is 2.77. The molecule has 2 N–H and O–H groups in total. The summed E-state index contributed by atoms with van der Waals surface area (Å²) in [6.07, 6.45) is 5.40. The minimum atomic E-state index is -3.41. The Morgan fingerprint density at radius 1 is 1.16 bits per heavy atom. The van der Waals surface area contributed by atoms with Crippen LogP contribution in [0.15, 0.2) is 24.3 Å². The van der Waals surface area contributed by atoms with E-state index >= 15 is 0 Å². The van der Waals surface area contributed by atoms with Gasteiger partial charge in [-0.1, -0.05) is 18.6 Å². The van der Waals surface area contributed by atoms with Crippen LogP contribution in [-0.2, 0) is 19.6 Å². The Morgan fingerprint density at radius 3 is 2.66 bits per heavy atom. The molecule has 178 valence electrons.